The van der Waals surface area contributed by atoms with Crippen LogP contribution in [0.3, 0.4) is 0 Å². The predicted octanol–water partition coefficient (Wildman–Crippen LogP) is 3.60. The summed E-state index contributed by atoms with van der Waals surface area (Å²) >= 11 is 0. The number of carbonyl (C=O) groups excluding carboxylic acids is 1. The summed E-state index contributed by atoms with van der Waals surface area (Å²) in [5, 5.41) is 3.72. The Bertz CT molecular complexity index is 1270. The van der Waals surface area contributed by atoms with Crippen molar-refractivity contribution in [1.82, 2.24) is 14.4 Å². The second kappa shape index (κ2) is 9.59. The molecule has 0 unspecified atom stereocenters. The highest BCUT2D eigenvalue weighted by Gasteiger charge is 2.37. The zero-order valence-electron chi connectivity index (χ0n) is 18.7. The SMILES string of the molecule is Cc1noc(C)c1S(=O)(=O)N1CCC(C(=O)N(Cc2ccccn2)c2ccc(F)cc2F)CC1. The van der Waals surface area contributed by atoms with Crippen LogP contribution in [0.25, 0.3) is 0 Å². The Labute approximate surface area is 196 Å². The molecule has 1 aliphatic rings. The van der Waals surface area contributed by atoms with Gasteiger partial charge in [-0.2, -0.15) is 4.31 Å². The molecule has 0 bridgehead atoms. The lowest BCUT2D eigenvalue weighted by atomic mass is 9.96. The summed E-state index contributed by atoms with van der Waals surface area (Å²) in [7, 11) is -3.82. The molecule has 2 aromatic heterocycles. The second-order valence-corrected chi connectivity index (χ2v) is 10.0. The maximum atomic E-state index is 14.6. The van der Waals surface area contributed by atoms with Crippen molar-refractivity contribution in [3.8, 4) is 0 Å². The molecule has 1 aliphatic heterocycles. The molecular formula is C23H24F2N4O4S. The van der Waals surface area contributed by atoms with Crippen molar-refractivity contribution in [3.05, 3.63) is 71.4 Å². The van der Waals surface area contributed by atoms with Gasteiger partial charge in [0.2, 0.25) is 15.9 Å². The molecular weight excluding hydrogens is 466 g/mol. The van der Waals surface area contributed by atoms with E-state index in [-0.39, 0.29) is 60.4 Å². The molecule has 3 heterocycles. The average molecular weight is 491 g/mol. The van der Waals surface area contributed by atoms with Gasteiger partial charge in [0.1, 0.15) is 22.2 Å². The molecule has 0 N–H and O–H groups in total. The smallest absolute Gasteiger partial charge is 0.248 e. The van der Waals surface area contributed by atoms with Crippen molar-refractivity contribution in [1.29, 1.82) is 0 Å². The summed E-state index contributed by atoms with van der Waals surface area (Å²) in [5.41, 5.74) is 0.768. The molecule has 8 nitrogen and oxygen atoms in total. The number of anilines is 1. The molecule has 4 rings (SSSR count). The number of amides is 1. The summed E-state index contributed by atoms with van der Waals surface area (Å²) < 4.78 is 60.6. The largest absolute Gasteiger partial charge is 0.360 e. The van der Waals surface area contributed by atoms with Gasteiger partial charge in [-0.1, -0.05) is 11.2 Å². The summed E-state index contributed by atoms with van der Waals surface area (Å²) in [4.78, 5) is 19.0. The number of nitrogens with zero attached hydrogens (tertiary/aromatic N) is 4. The van der Waals surface area contributed by atoms with Gasteiger partial charge in [-0.05, 0) is 51.0 Å². The minimum Gasteiger partial charge on any atom is -0.360 e. The fourth-order valence-corrected chi connectivity index (χ4v) is 5.93. The van der Waals surface area contributed by atoms with Crippen molar-refractivity contribution in [2.75, 3.05) is 18.0 Å². The summed E-state index contributed by atoms with van der Waals surface area (Å²) in [6, 6.07) is 8.24. The average Bonchev–Trinajstić information content (AvgIpc) is 3.17. The van der Waals surface area contributed by atoms with Gasteiger partial charge in [-0.25, -0.2) is 17.2 Å². The van der Waals surface area contributed by atoms with E-state index in [9.17, 15) is 22.0 Å². The van der Waals surface area contributed by atoms with Crippen LogP contribution in [0.2, 0.25) is 0 Å². The lowest BCUT2D eigenvalue weighted by molar-refractivity contribution is -0.123. The van der Waals surface area contributed by atoms with Crippen LogP contribution in [0.5, 0.6) is 0 Å². The monoisotopic (exact) mass is 490 g/mol. The predicted molar refractivity (Wildman–Crippen MR) is 119 cm³/mol. The van der Waals surface area contributed by atoms with Gasteiger partial charge in [-0.3, -0.25) is 9.78 Å². The van der Waals surface area contributed by atoms with E-state index >= 15 is 0 Å². The number of aryl methyl sites for hydroxylation is 2. The van der Waals surface area contributed by atoms with E-state index in [0.717, 1.165) is 12.1 Å². The Morgan fingerprint density at radius 1 is 1.18 bits per heavy atom. The maximum Gasteiger partial charge on any atom is 0.248 e. The number of carbonyl (C=O) groups is 1. The molecule has 1 fully saturated rings. The maximum absolute atomic E-state index is 14.6. The molecule has 0 aliphatic carbocycles. The third-order valence-electron chi connectivity index (χ3n) is 5.88. The molecule has 34 heavy (non-hydrogen) atoms. The fourth-order valence-electron chi connectivity index (χ4n) is 4.17. The minimum atomic E-state index is -3.82. The quantitative estimate of drug-likeness (QED) is 0.524. The highest BCUT2D eigenvalue weighted by Crippen LogP contribution is 2.31. The Morgan fingerprint density at radius 3 is 2.50 bits per heavy atom. The second-order valence-electron chi connectivity index (χ2n) is 8.17. The number of hydrogen-bond donors (Lipinski definition) is 0. The van der Waals surface area contributed by atoms with E-state index in [2.05, 4.69) is 10.1 Å². The van der Waals surface area contributed by atoms with Crippen LogP contribution in [0.1, 0.15) is 30.0 Å². The van der Waals surface area contributed by atoms with Crippen LogP contribution in [0.15, 0.2) is 52.0 Å². The fraction of sp³-hybridized carbons (Fsp3) is 0.348. The Morgan fingerprint density at radius 2 is 1.91 bits per heavy atom. The number of halogens is 2. The molecule has 180 valence electrons. The topological polar surface area (TPSA) is 96.6 Å². The van der Waals surface area contributed by atoms with Gasteiger partial charge in [0.25, 0.3) is 0 Å². The number of pyridine rings is 1. The molecule has 1 saturated heterocycles. The van der Waals surface area contributed by atoms with E-state index in [1.54, 1.807) is 31.3 Å². The number of sulfonamides is 1. The van der Waals surface area contributed by atoms with Gasteiger partial charge in [-0.15, -0.1) is 0 Å². The molecule has 0 saturated carbocycles. The van der Waals surface area contributed by atoms with Crippen molar-refractivity contribution in [2.24, 2.45) is 5.92 Å². The first kappa shape index (κ1) is 24.0. The summed E-state index contributed by atoms with van der Waals surface area (Å²) in [6.07, 6.45) is 2.07. The molecule has 3 aromatic rings. The Balaban J connectivity index is 1.55. The highest BCUT2D eigenvalue weighted by atomic mass is 32.2. The van der Waals surface area contributed by atoms with Crippen LogP contribution >= 0.6 is 0 Å². The van der Waals surface area contributed by atoms with Gasteiger partial charge < -0.3 is 9.42 Å². The van der Waals surface area contributed by atoms with Crippen molar-refractivity contribution >= 4 is 21.6 Å². The third kappa shape index (κ3) is 4.71. The van der Waals surface area contributed by atoms with Gasteiger partial charge >= 0.3 is 0 Å². The first-order valence-electron chi connectivity index (χ1n) is 10.8. The summed E-state index contributed by atoms with van der Waals surface area (Å²) in [6.45, 7) is 3.33. The highest BCUT2D eigenvalue weighted by molar-refractivity contribution is 7.89. The van der Waals surface area contributed by atoms with Crippen molar-refractivity contribution in [2.45, 2.75) is 38.1 Å². The van der Waals surface area contributed by atoms with Crippen LogP contribution < -0.4 is 4.90 Å². The van der Waals surface area contributed by atoms with E-state index in [0.29, 0.717) is 5.69 Å². The van der Waals surface area contributed by atoms with E-state index in [1.165, 1.54) is 22.2 Å². The van der Waals surface area contributed by atoms with Gasteiger partial charge in [0, 0.05) is 31.3 Å². The Kier molecular flexibility index (Phi) is 6.76. The normalized spacial score (nSPS) is 15.4. The van der Waals surface area contributed by atoms with Crippen LogP contribution in [-0.4, -0.2) is 41.9 Å². The molecule has 1 amide bonds. The molecule has 11 heteroatoms. The standard InChI is InChI=1S/C23H24F2N4O4S/c1-15-22(16(2)33-27-15)34(31,32)28-11-8-17(9-12-28)23(30)29(14-19-5-3-4-10-26-19)21-7-6-18(24)13-20(21)25/h3-7,10,13,17H,8-9,11-12,14H2,1-2H3. The minimum absolute atomic E-state index is 0.000182. The molecule has 0 spiro atoms. The summed E-state index contributed by atoms with van der Waals surface area (Å²) in [5.74, 6) is -2.30. The lowest BCUT2D eigenvalue weighted by Crippen LogP contribution is -2.44. The number of benzene rings is 1. The zero-order valence-corrected chi connectivity index (χ0v) is 19.6. The first-order valence-corrected chi connectivity index (χ1v) is 12.2. The number of hydrogen-bond acceptors (Lipinski definition) is 6. The van der Waals surface area contributed by atoms with Gasteiger partial charge in [0.05, 0.1) is 17.9 Å². The van der Waals surface area contributed by atoms with Crippen LogP contribution in [0, 0.1) is 31.4 Å². The third-order valence-corrected chi connectivity index (χ3v) is 8.03. The van der Waals surface area contributed by atoms with Crippen LogP contribution in [0.4, 0.5) is 14.5 Å². The van der Waals surface area contributed by atoms with Gasteiger partial charge in [0.15, 0.2) is 5.76 Å². The van der Waals surface area contributed by atoms with E-state index in [4.69, 9.17) is 4.52 Å². The number of rotatable bonds is 6. The molecule has 0 radical (unpaired) electrons. The van der Waals surface area contributed by atoms with E-state index < -0.39 is 27.6 Å². The number of piperidine rings is 1. The molecule has 1 aromatic carbocycles. The van der Waals surface area contributed by atoms with Crippen molar-refractivity contribution in [3.63, 3.8) is 0 Å². The van der Waals surface area contributed by atoms with Crippen molar-refractivity contribution < 1.29 is 26.5 Å². The lowest BCUT2D eigenvalue weighted by Gasteiger charge is -2.33. The number of aromatic nitrogens is 2. The van der Waals surface area contributed by atoms with Crippen LogP contribution in [-0.2, 0) is 21.4 Å². The van der Waals surface area contributed by atoms with E-state index in [1.807, 2.05) is 0 Å². The molecule has 0 atom stereocenters. The Hall–Kier alpha value is -3.18. The first-order chi connectivity index (χ1) is 16.2. The zero-order chi connectivity index (χ0) is 24.5.